The van der Waals surface area contributed by atoms with Crippen molar-refractivity contribution in [3.8, 4) is 11.5 Å². The van der Waals surface area contributed by atoms with Crippen LogP contribution in [-0.4, -0.2) is 65.4 Å². The number of nitrogens with one attached hydrogen (secondary N) is 1. The molecule has 0 saturated carbocycles. The molecule has 8 nitrogen and oxygen atoms in total. The fraction of sp³-hybridized carbons (Fsp3) is 0.250. The highest BCUT2D eigenvalue weighted by Gasteiger charge is 2.22. The number of anilines is 1. The third-order valence-corrected chi connectivity index (χ3v) is 6.90. The Kier molecular flexibility index (Phi) is 11.0. The Morgan fingerprint density at radius 1 is 0.846 bits per heavy atom. The van der Waals surface area contributed by atoms with Crippen molar-refractivity contribution in [1.82, 2.24) is 9.80 Å². The monoisotopic (exact) mass is 591 g/mol. The number of halogens is 3. The van der Waals surface area contributed by atoms with E-state index >= 15 is 0 Å². The van der Waals surface area contributed by atoms with Gasteiger partial charge in [0.15, 0.2) is 0 Å². The molecule has 39 heavy (non-hydrogen) atoms. The van der Waals surface area contributed by atoms with E-state index in [4.69, 9.17) is 33.0 Å². The summed E-state index contributed by atoms with van der Waals surface area (Å²) < 4.78 is 5.90. The smallest absolute Gasteiger partial charge is 0.317 e. The van der Waals surface area contributed by atoms with E-state index in [1.807, 2.05) is 29.2 Å². The summed E-state index contributed by atoms with van der Waals surface area (Å²) in [6.07, 6.45) is 1.01. The lowest BCUT2D eigenvalue weighted by atomic mass is 10.1. The largest absolute Gasteiger partial charge is 0.480 e. The lowest BCUT2D eigenvalue weighted by Crippen LogP contribution is -2.49. The predicted molar refractivity (Wildman–Crippen MR) is 154 cm³/mol. The molecule has 0 radical (unpaired) electrons. The highest BCUT2D eigenvalue weighted by Crippen LogP contribution is 2.25. The van der Waals surface area contributed by atoms with Crippen molar-refractivity contribution in [2.24, 2.45) is 0 Å². The standard InChI is InChI=1S/C28H27Cl2N3O5.ClH/c29-24-11-4-20(17-25(24)30)28(37)31-21-5-9-23(10-6-21)38-22-7-1-19(2-8-22)3-12-26(34)33-15-13-32(14-16-33)18-27(35)36;/h1-2,4-11,17H,3,12-16,18H2,(H,31,37)(H,35,36);1H. The van der Waals surface area contributed by atoms with E-state index in [9.17, 15) is 14.4 Å². The van der Waals surface area contributed by atoms with Gasteiger partial charge in [0, 0.05) is 43.9 Å². The molecule has 0 spiro atoms. The maximum absolute atomic E-state index is 12.5. The van der Waals surface area contributed by atoms with Gasteiger partial charge in [-0.1, -0.05) is 35.3 Å². The normalized spacial score (nSPS) is 13.3. The van der Waals surface area contributed by atoms with Crippen molar-refractivity contribution in [2.75, 3.05) is 38.0 Å². The number of hydrogen-bond donors (Lipinski definition) is 2. The van der Waals surface area contributed by atoms with Crippen LogP contribution in [0.5, 0.6) is 11.5 Å². The third-order valence-electron chi connectivity index (χ3n) is 6.16. The van der Waals surface area contributed by atoms with Crippen LogP contribution in [0.15, 0.2) is 66.7 Å². The Morgan fingerprint density at radius 3 is 2.05 bits per heavy atom. The molecule has 1 saturated heterocycles. The molecule has 3 aromatic rings. The molecule has 0 aromatic heterocycles. The molecule has 1 fully saturated rings. The zero-order valence-corrected chi connectivity index (χ0v) is 23.3. The van der Waals surface area contributed by atoms with Crippen molar-refractivity contribution >= 4 is 59.1 Å². The van der Waals surface area contributed by atoms with Crippen molar-refractivity contribution in [3.63, 3.8) is 0 Å². The van der Waals surface area contributed by atoms with Gasteiger partial charge < -0.3 is 20.1 Å². The Labute approximate surface area is 242 Å². The van der Waals surface area contributed by atoms with Gasteiger partial charge >= 0.3 is 5.97 Å². The topological polar surface area (TPSA) is 99.2 Å². The number of aryl methyl sites for hydroxylation is 1. The first-order chi connectivity index (χ1) is 18.3. The number of nitrogens with zero attached hydrogens (tertiary/aromatic N) is 2. The molecule has 2 amide bonds. The number of amides is 2. The molecule has 0 aliphatic carbocycles. The van der Waals surface area contributed by atoms with Gasteiger partial charge in [0.25, 0.3) is 5.91 Å². The Hall–Kier alpha value is -3.30. The van der Waals surface area contributed by atoms with Gasteiger partial charge in [-0.3, -0.25) is 19.3 Å². The van der Waals surface area contributed by atoms with Crippen molar-refractivity contribution in [1.29, 1.82) is 0 Å². The maximum atomic E-state index is 12.5. The zero-order valence-electron chi connectivity index (χ0n) is 20.9. The first kappa shape index (κ1) is 30.2. The van der Waals surface area contributed by atoms with E-state index in [-0.39, 0.29) is 30.8 Å². The molecule has 1 heterocycles. The predicted octanol–water partition coefficient (Wildman–Crippen LogP) is 5.62. The Bertz CT molecular complexity index is 1290. The number of rotatable bonds is 9. The molecule has 4 rings (SSSR count). The van der Waals surface area contributed by atoms with Crippen molar-refractivity contribution in [3.05, 3.63) is 87.9 Å². The van der Waals surface area contributed by atoms with E-state index in [0.717, 1.165) is 5.56 Å². The second kappa shape index (κ2) is 14.2. The molecule has 206 valence electrons. The molecule has 11 heteroatoms. The minimum Gasteiger partial charge on any atom is -0.480 e. The van der Waals surface area contributed by atoms with Gasteiger partial charge in [-0.2, -0.15) is 0 Å². The minimum absolute atomic E-state index is 0. The molecule has 1 aliphatic rings. The van der Waals surface area contributed by atoms with Crippen LogP contribution in [0.4, 0.5) is 5.69 Å². The summed E-state index contributed by atoms with van der Waals surface area (Å²) >= 11 is 11.9. The molecule has 3 aromatic carbocycles. The number of aliphatic carboxylic acids is 1. The number of hydrogen-bond acceptors (Lipinski definition) is 5. The number of ether oxygens (including phenoxy) is 1. The molecule has 0 atom stereocenters. The average Bonchev–Trinajstić information content (AvgIpc) is 2.91. The number of carbonyl (C=O) groups is 3. The summed E-state index contributed by atoms with van der Waals surface area (Å²) in [4.78, 5) is 39.4. The van der Waals surface area contributed by atoms with Crippen LogP contribution in [0.1, 0.15) is 22.3 Å². The number of benzene rings is 3. The summed E-state index contributed by atoms with van der Waals surface area (Å²) in [5.74, 6) is 0.196. The van der Waals surface area contributed by atoms with Gasteiger partial charge in [0.1, 0.15) is 11.5 Å². The van der Waals surface area contributed by atoms with Crippen LogP contribution in [0.3, 0.4) is 0 Å². The van der Waals surface area contributed by atoms with Gasteiger partial charge in [0.2, 0.25) is 5.91 Å². The zero-order chi connectivity index (χ0) is 27.1. The van der Waals surface area contributed by atoms with E-state index in [1.54, 1.807) is 41.3 Å². The van der Waals surface area contributed by atoms with Crippen molar-refractivity contribution < 1.29 is 24.2 Å². The summed E-state index contributed by atoms with van der Waals surface area (Å²) in [6.45, 7) is 2.27. The van der Waals surface area contributed by atoms with Crippen LogP contribution >= 0.6 is 35.6 Å². The SMILES string of the molecule is Cl.O=C(O)CN1CCN(C(=O)CCc2ccc(Oc3ccc(NC(=O)c4ccc(Cl)c(Cl)c4)cc3)cc2)CC1. The van der Waals surface area contributed by atoms with Crippen LogP contribution in [-0.2, 0) is 16.0 Å². The summed E-state index contributed by atoms with van der Waals surface area (Å²) in [5, 5.41) is 12.4. The fourth-order valence-electron chi connectivity index (χ4n) is 4.06. The maximum Gasteiger partial charge on any atom is 0.317 e. The number of carbonyl (C=O) groups excluding carboxylic acids is 2. The highest BCUT2D eigenvalue weighted by atomic mass is 35.5. The summed E-state index contributed by atoms with van der Waals surface area (Å²) in [7, 11) is 0. The second-order valence-corrected chi connectivity index (χ2v) is 9.72. The Balaban J connectivity index is 0.00000420. The van der Waals surface area contributed by atoms with Crippen LogP contribution in [0.2, 0.25) is 10.0 Å². The molecule has 0 bridgehead atoms. The van der Waals surface area contributed by atoms with Crippen LogP contribution < -0.4 is 10.1 Å². The van der Waals surface area contributed by atoms with Crippen LogP contribution in [0.25, 0.3) is 0 Å². The van der Waals surface area contributed by atoms with E-state index < -0.39 is 5.97 Å². The van der Waals surface area contributed by atoms with E-state index in [0.29, 0.717) is 71.8 Å². The number of piperazine rings is 1. The highest BCUT2D eigenvalue weighted by molar-refractivity contribution is 6.42. The Morgan fingerprint density at radius 2 is 1.46 bits per heavy atom. The molecule has 2 N–H and O–H groups in total. The van der Waals surface area contributed by atoms with E-state index in [2.05, 4.69) is 5.32 Å². The lowest BCUT2D eigenvalue weighted by Gasteiger charge is -2.33. The molecular formula is C28H28Cl3N3O5. The van der Waals surface area contributed by atoms with E-state index in [1.165, 1.54) is 6.07 Å². The van der Waals surface area contributed by atoms with Gasteiger partial charge in [0.05, 0.1) is 16.6 Å². The van der Waals surface area contributed by atoms with Gasteiger partial charge in [-0.25, -0.2) is 0 Å². The van der Waals surface area contributed by atoms with Gasteiger partial charge in [-0.05, 0) is 66.6 Å². The summed E-state index contributed by atoms with van der Waals surface area (Å²) in [5.41, 5.74) is 2.03. The molecule has 0 unspecified atom stereocenters. The molecule has 1 aliphatic heterocycles. The summed E-state index contributed by atoms with van der Waals surface area (Å²) in [6, 6.07) is 19.3. The van der Waals surface area contributed by atoms with Gasteiger partial charge in [-0.15, -0.1) is 12.4 Å². The average molecular weight is 593 g/mol. The quantitative estimate of drug-likeness (QED) is 0.335. The fourth-order valence-corrected chi connectivity index (χ4v) is 4.36. The first-order valence-electron chi connectivity index (χ1n) is 12.1. The number of carboxylic acid groups (broad SMARTS) is 1. The second-order valence-electron chi connectivity index (χ2n) is 8.90. The number of carboxylic acids is 1. The minimum atomic E-state index is -0.848. The van der Waals surface area contributed by atoms with Crippen LogP contribution in [0, 0.1) is 0 Å². The van der Waals surface area contributed by atoms with Crippen molar-refractivity contribution in [2.45, 2.75) is 12.8 Å². The first-order valence-corrected chi connectivity index (χ1v) is 12.9. The molecular weight excluding hydrogens is 565 g/mol. The lowest BCUT2D eigenvalue weighted by molar-refractivity contribution is -0.139. The third kappa shape index (κ3) is 8.86.